The van der Waals surface area contributed by atoms with Crippen molar-refractivity contribution < 1.29 is 14.3 Å². The molecule has 1 fully saturated rings. The van der Waals surface area contributed by atoms with Crippen molar-refractivity contribution in [1.82, 2.24) is 10.2 Å². The fraction of sp³-hybridized carbons (Fsp3) is 0.611. The van der Waals surface area contributed by atoms with Crippen LogP contribution in [-0.2, 0) is 22.6 Å². The van der Waals surface area contributed by atoms with Crippen LogP contribution < -0.4 is 5.32 Å². The van der Waals surface area contributed by atoms with E-state index in [9.17, 15) is 4.79 Å². The molecule has 2 atom stereocenters. The molecule has 128 valence electrons. The zero-order valence-electron chi connectivity index (χ0n) is 14.5. The quantitative estimate of drug-likeness (QED) is 0.907. The van der Waals surface area contributed by atoms with Crippen LogP contribution in [-0.4, -0.2) is 42.3 Å². The van der Waals surface area contributed by atoms with Crippen LogP contribution in [0.4, 0.5) is 4.79 Å². The monoisotopic (exact) mass is 320 g/mol. The number of carbonyl (C=O) groups is 1. The van der Waals surface area contributed by atoms with E-state index in [4.69, 9.17) is 9.47 Å². The van der Waals surface area contributed by atoms with Gasteiger partial charge in [0.1, 0.15) is 0 Å². The molecule has 1 aliphatic heterocycles. The van der Waals surface area contributed by atoms with Crippen molar-refractivity contribution in [2.45, 2.75) is 59.1 Å². The molecular weight excluding hydrogens is 292 g/mol. The fourth-order valence-corrected chi connectivity index (χ4v) is 2.62. The van der Waals surface area contributed by atoms with Gasteiger partial charge in [-0.2, -0.15) is 0 Å². The predicted molar refractivity (Wildman–Crippen MR) is 90.2 cm³/mol. The van der Waals surface area contributed by atoms with Crippen LogP contribution in [0.2, 0.25) is 0 Å². The summed E-state index contributed by atoms with van der Waals surface area (Å²) in [5, 5.41) is 3.02. The standard InChI is InChI=1S/C18H28N2O3/c1-13(2)23-12-17-8-6-5-7-16(17)11-19-18(21)20-9-10-22-15(4)14(20)3/h5-8,13-15H,9-12H2,1-4H3,(H,19,21)/t14-,15-/m1/s1. The number of carbonyl (C=O) groups excluding carboxylic acids is 1. The van der Waals surface area contributed by atoms with E-state index in [1.54, 1.807) is 0 Å². The van der Waals surface area contributed by atoms with Crippen LogP contribution in [0, 0.1) is 0 Å². The third-order valence-electron chi connectivity index (χ3n) is 4.27. The minimum atomic E-state index is -0.0350. The summed E-state index contributed by atoms with van der Waals surface area (Å²) < 4.78 is 11.3. The van der Waals surface area contributed by atoms with Gasteiger partial charge in [-0.3, -0.25) is 0 Å². The number of nitrogens with zero attached hydrogens (tertiary/aromatic N) is 1. The summed E-state index contributed by atoms with van der Waals surface area (Å²) in [4.78, 5) is 14.3. The highest BCUT2D eigenvalue weighted by molar-refractivity contribution is 5.74. The van der Waals surface area contributed by atoms with Crippen molar-refractivity contribution in [2.24, 2.45) is 0 Å². The highest BCUT2D eigenvalue weighted by Gasteiger charge is 2.28. The Balaban J connectivity index is 1.93. The first kappa shape index (κ1) is 17.8. The molecule has 0 spiro atoms. The lowest BCUT2D eigenvalue weighted by atomic mass is 10.1. The molecule has 1 aromatic rings. The molecule has 1 N–H and O–H groups in total. The van der Waals surface area contributed by atoms with E-state index >= 15 is 0 Å². The lowest BCUT2D eigenvalue weighted by Gasteiger charge is -2.37. The summed E-state index contributed by atoms with van der Waals surface area (Å²) in [7, 11) is 0. The smallest absolute Gasteiger partial charge is 0.318 e. The van der Waals surface area contributed by atoms with E-state index in [1.807, 2.05) is 56.9 Å². The third-order valence-corrected chi connectivity index (χ3v) is 4.27. The minimum absolute atomic E-state index is 0.0350. The van der Waals surface area contributed by atoms with E-state index in [0.717, 1.165) is 11.1 Å². The second kappa shape index (κ2) is 8.31. The number of rotatable bonds is 5. The molecular formula is C18H28N2O3. The van der Waals surface area contributed by atoms with Gasteiger partial charge in [-0.25, -0.2) is 4.79 Å². The average molecular weight is 320 g/mol. The summed E-state index contributed by atoms with van der Waals surface area (Å²) in [6.45, 7) is 10.4. The molecule has 0 bridgehead atoms. The van der Waals surface area contributed by atoms with Crippen molar-refractivity contribution in [1.29, 1.82) is 0 Å². The second-order valence-electron chi connectivity index (χ2n) is 6.30. The van der Waals surface area contributed by atoms with Crippen molar-refractivity contribution in [3.63, 3.8) is 0 Å². The number of urea groups is 1. The van der Waals surface area contributed by atoms with Crippen LogP contribution in [0.5, 0.6) is 0 Å². The van der Waals surface area contributed by atoms with Gasteiger partial charge in [0.25, 0.3) is 0 Å². The van der Waals surface area contributed by atoms with Gasteiger partial charge in [-0.05, 0) is 38.8 Å². The summed E-state index contributed by atoms with van der Waals surface area (Å²) in [6, 6.07) is 8.11. The van der Waals surface area contributed by atoms with Crippen LogP contribution in [0.25, 0.3) is 0 Å². The number of ether oxygens (including phenoxy) is 2. The summed E-state index contributed by atoms with van der Waals surface area (Å²) in [5.74, 6) is 0. The SMILES string of the molecule is CC(C)OCc1ccccc1CNC(=O)N1CCO[C@H](C)[C@H]1C. The van der Waals surface area contributed by atoms with Crippen molar-refractivity contribution in [2.75, 3.05) is 13.2 Å². The number of nitrogens with one attached hydrogen (secondary N) is 1. The zero-order valence-corrected chi connectivity index (χ0v) is 14.5. The Bertz CT molecular complexity index is 519. The Morgan fingerprint density at radius 1 is 1.35 bits per heavy atom. The van der Waals surface area contributed by atoms with Gasteiger partial charge in [0.2, 0.25) is 0 Å². The molecule has 2 rings (SSSR count). The molecule has 0 aromatic heterocycles. The third kappa shape index (κ3) is 4.94. The molecule has 5 heteroatoms. The number of hydrogen-bond donors (Lipinski definition) is 1. The molecule has 1 aliphatic rings. The Hall–Kier alpha value is -1.59. The highest BCUT2D eigenvalue weighted by atomic mass is 16.5. The molecule has 1 saturated heterocycles. The zero-order chi connectivity index (χ0) is 16.8. The summed E-state index contributed by atoms with van der Waals surface area (Å²) in [5.41, 5.74) is 2.21. The summed E-state index contributed by atoms with van der Waals surface area (Å²) >= 11 is 0. The van der Waals surface area contributed by atoms with E-state index in [0.29, 0.717) is 26.3 Å². The largest absolute Gasteiger partial charge is 0.375 e. The molecule has 0 unspecified atom stereocenters. The predicted octanol–water partition coefficient (Wildman–Crippen LogP) is 2.93. The Kier molecular flexibility index (Phi) is 6.42. The van der Waals surface area contributed by atoms with Gasteiger partial charge in [-0.15, -0.1) is 0 Å². The first-order valence-electron chi connectivity index (χ1n) is 8.33. The molecule has 23 heavy (non-hydrogen) atoms. The first-order chi connectivity index (χ1) is 11.0. The maximum absolute atomic E-state index is 12.4. The average Bonchev–Trinajstić information content (AvgIpc) is 2.54. The fourth-order valence-electron chi connectivity index (χ4n) is 2.62. The lowest BCUT2D eigenvalue weighted by molar-refractivity contribution is -0.0376. The normalized spacial score (nSPS) is 21.5. The molecule has 0 radical (unpaired) electrons. The highest BCUT2D eigenvalue weighted by Crippen LogP contribution is 2.15. The first-order valence-corrected chi connectivity index (χ1v) is 8.33. The number of hydrogen-bond acceptors (Lipinski definition) is 3. The van der Waals surface area contributed by atoms with E-state index in [-0.39, 0.29) is 24.3 Å². The molecule has 5 nitrogen and oxygen atoms in total. The lowest BCUT2D eigenvalue weighted by Crippen LogP contribution is -2.54. The molecule has 0 saturated carbocycles. The van der Waals surface area contributed by atoms with E-state index < -0.39 is 0 Å². The van der Waals surface area contributed by atoms with Crippen LogP contribution >= 0.6 is 0 Å². The van der Waals surface area contributed by atoms with Crippen LogP contribution in [0.15, 0.2) is 24.3 Å². The van der Waals surface area contributed by atoms with Gasteiger partial charge in [-0.1, -0.05) is 24.3 Å². The topological polar surface area (TPSA) is 50.8 Å². The van der Waals surface area contributed by atoms with Crippen molar-refractivity contribution in [3.05, 3.63) is 35.4 Å². The van der Waals surface area contributed by atoms with Gasteiger partial charge in [0, 0.05) is 13.1 Å². The van der Waals surface area contributed by atoms with Crippen LogP contribution in [0.3, 0.4) is 0 Å². The molecule has 1 heterocycles. The minimum Gasteiger partial charge on any atom is -0.375 e. The van der Waals surface area contributed by atoms with Gasteiger partial charge >= 0.3 is 6.03 Å². The van der Waals surface area contributed by atoms with E-state index in [1.165, 1.54) is 0 Å². The maximum atomic E-state index is 12.4. The molecule has 0 aliphatic carbocycles. The maximum Gasteiger partial charge on any atom is 0.318 e. The van der Waals surface area contributed by atoms with Crippen molar-refractivity contribution in [3.8, 4) is 0 Å². The van der Waals surface area contributed by atoms with Gasteiger partial charge in [0.15, 0.2) is 0 Å². The van der Waals surface area contributed by atoms with Gasteiger partial charge in [0.05, 0.1) is 31.5 Å². The Labute approximate surface area is 139 Å². The number of benzene rings is 1. The Morgan fingerprint density at radius 3 is 2.74 bits per heavy atom. The Morgan fingerprint density at radius 2 is 2.04 bits per heavy atom. The second-order valence-corrected chi connectivity index (χ2v) is 6.30. The molecule has 1 aromatic carbocycles. The number of amides is 2. The van der Waals surface area contributed by atoms with Crippen molar-refractivity contribution >= 4 is 6.03 Å². The molecule has 2 amide bonds. The summed E-state index contributed by atoms with van der Waals surface area (Å²) in [6.07, 6.45) is 0.259. The number of morpholine rings is 1. The van der Waals surface area contributed by atoms with Gasteiger partial charge < -0.3 is 19.7 Å². The van der Waals surface area contributed by atoms with Crippen LogP contribution in [0.1, 0.15) is 38.8 Å². The van der Waals surface area contributed by atoms with E-state index in [2.05, 4.69) is 5.32 Å².